The molecule has 78 valence electrons. The van der Waals surface area contributed by atoms with Crippen molar-refractivity contribution >= 4 is 35.0 Å². The van der Waals surface area contributed by atoms with E-state index in [1.54, 1.807) is 6.07 Å². The fraction of sp³-hybridized carbons (Fsp3) is 0.500. The zero-order valence-corrected chi connectivity index (χ0v) is 10.1. The van der Waals surface area contributed by atoms with Crippen LogP contribution in [0.15, 0.2) is 11.0 Å². The van der Waals surface area contributed by atoms with Gasteiger partial charge in [-0.3, -0.25) is 0 Å². The van der Waals surface area contributed by atoms with Gasteiger partial charge in [-0.2, -0.15) is 0 Å². The molecular formula is C8H10Cl2N2OS. The second-order valence-corrected chi connectivity index (χ2v) is 5.84. The van der Waals surface area contributed by atoms with Crippen LogP contribution >= 0.6 is 35.0 Å². The maximum absolute atomic E-state index is 9.08. The molecule has 0 aliphatic rings. The predicted octanol–water partition coefficient (Wildman–Crippen LogP) is 2.65. The summed E-state index contributed by atoms with van der Waals surface area (Å²) < 4.78 is -0.310. The van der Waals surface area contributed by atoms with Gasteiger partial charge in [-0.25, -0.2) is 0 Å². The van der Waals surface area contributed by atoms with Gasteiger partial charge in [0.15, 0.2) is 10.3 Å². The normalized spacial score (nSPS) is 11.8. The Morgan fingerprint density at radius 2 is 2.07 bits per heavy atom. The standard InChI is InChI=1S/C8H10Cl2N2OS/c1-8(2,4-13)14-5-3-6(9)11-12-7(5)10/h3,13H,4H2,1-2H3. The van der Waals surface area contributed by atoms with Crippen molar-refractivity contribution in [1.29, 1.82) is 0 Å². The van der Waals surface area contributed by atoms with Crippen LogP contribution in [0.25, 0.3) is 0 Å². The molecule has 1 rings (SSSR count). The molecule has 1 aromatic rings. The van der Waals surface area contributed by atoms with Gasteiger partial charge in [0.25, 0.3) is 0 Å². The minimum absolute atomic E-state index is 0.0495. The summed E-state index contributed by atoms with van der Waals surface area (Å²) in [6.07, 6.45) is 0. The van der Waals surface area contributed by atoms with E-state index in [0.717, 1.165) is 4.90 Å². The monoisotopic (exact) mass is 252 g/mol. The molecule has 0 aromatic carbocycles. The van der Waals surface area contributed by atoms with Gasteiger partial charge < -0.3 is 5.11 Å². The van der Waals surface area contributed by atoms with Crippen molar-refractivity contribution in [2.45, 2.75) is 23.5 Å². The van der Waals surface area contributed by atoms with E-state index in [9.17, 15) is 0 Å². The molecule has 0 saturated carbocycles. The molecule has 1 N–H and O–H groups in total. The second kappa shape index (κ2) is 4.66. The number of nitrogens with zero attached hydrogens (tertiary/aromatic N) is 2. The van der Waals surface area contributed by atoms with Crippen LogP contribution in [0.3, 0.4) is 0 Å². The first-order chi connectivity index (χ1) is 6.44. The maximum Gasteiger partial charge on any atom is 0.165 e. The lowest BCUT2D eigenvalue weighted by atomic mass is 10.2. The third kappa shape index (κ3) is 3.28. The van der Waals surface area contributed by atoms with Gasteiger partial charge in [0.05, 0.1) is 11.5 Å². The number of hydrogen-bond acceptors (Lipinski definition) is 4. The summed E-state index contributed by atoms with van der Waals surface area (Å²) in [7, 11) is 0. The highest BCUT2D eigenvalue weighted by molar-refractivity contribution is 8.00. The summed E-state index contributed by atoms with van der Waals surface area (Å²) in [5.74, 6) is 0. The van der Waals surface area contributed by atoms with E-state index in [4.69, 9.17) is 28.3 Å². The summed E-state index contributed by atoms with van der Waals surface area (Å²) in [4.78, 5) is 0.728. The first-order valence-electron chi connectivity index (χ1n) is 3.93. The zero-order chi connectivity index (χ0) is 10.8. The molecule has 1 aromatic heterocycles. The molecule has 0 spiro atoms. The Morgan fingerprint density at radius 1 is 1.43 bits per heavy atom. The Hall–Kier alpha value is -0.0300. The molecule has 0 saturated heterocycles. The molecule has 0 bridgehead atoms. The highest BCUT2D eigenvalue weighted by Gasteiger charge is 2.20. The van der Waals surface area contributed by atoms with E-state index in [2.05, 4.69) is 10.2 Å². The lowest BCUT2D eigenvalue weighted by Crippen LogP contribution is -2.19. The van der Waals surface area contributed by atoms with Crippen molar-refractivity contribution in [1.82, 2.24) is 10.2 Å². The molecule has 0 amide bonds. The topological polar surface area (TPSA) is 46.0 Å². The summed E-state index contributed by atoms with van der Waals surface area (Å²) in [6.45, 7) is 3.86. The number of aromatic nitrogens is 2. The minimum atomic E-state index is -0.310. The molecule has 3 nitrogen and oxygen atoms in total. The molecule has 0 fully saturated rings. The Bertz CT molecular complexity index is 333. The van der Waals surface area contributed by atoms with Crippen molar-refractivity contribution in [3.63, 3.8) is 0 Å². The Labute approximate surface area is 96.8 Å². The highest BCUT2D eigenvalue weighted by Crippen LogP contribution is 2.36. The zero-order valence-electron chi connectivity index (χ0n) is 7.79. The molecule has 0 unspecified atom stereocenters. The van der Waals surface area contributed by atoms with Crippen LogP contribution in [0.2, 0.25) is 10.3 Å². The maximum atomic E-state index is 9.08. The fourth-order valence-corrected chi connectivity index (χ4v) is 2.11. The van der Waals surface area contributed by atoms with Crippen molar-refractivity contribution < 1.29 is 5.11 Å². The number of halogens is 2. The SMILES string of the molecule is CC(C)(CO)Sc1cc(Cl)nnc1Cl. The number of thioether (sulfide) groups is 1. The van der Waals surface area contributed by atoms with Gasteiger partial charge >= 0.3 is 0 Å². The van der Waals surface area contributed by atoms with Crippen molar-refractivity contribution in [2.75, 3.05) is 6.61 Å². The van der Waals surface area contributed by atoms with Crippen molar-refractivity contribution in [3.05, 3.63) is 16.4 Å². The fourth-order valence-electron chi connectivity index (χ4n) is 0.739. The van der Waals surface area contributed by atoms with E-state index in [0.29, 0.717) is 10.3 Å². The first kappa shape index (κ1) is 12.0. The third-order valence-electron chi connectivity index (χ3n) is 1.45. The van der Waals surface area contributed by atoms with Crippen LogP contribution in [-0.2, 0) is 0 Å². The summed E-state index contributed by atoms with van der Waals surface area (Å²) in [6, 6.07) is 1.64. The molecule has 0 atom stereocenters. The van der Waals surface area contributed by atoms with Crippen molar-refractivity contribution in [2.24, 2.45) is 0 Å². The van der Waals surface area contributed by atoms with E-state index in [-0.39, 0.29) is 11.4 Å². The quantitative estimate of drug-likeness (QED) is 0.841. The van der Waals surface area contributed by atoms with Gasteiger partial charge in [-0.15, -0.1) is 22.0 Å². The number of aliphatic hydroxyl groups is 1. The Balaban J connectivity index is 2.91. The predicted molar refractivity (Wildman–Crippen MR) is 59.1 cm³/mol. The average Bonchev–Trinajstić information content (AvgIpc) is 2.11. The summed E-state index contributed by atoms with van der Waals surface area (Å²) >= 11 is 12.9. The molecule has 1 heterocycles. The highest BCUT2D eigenvalue weighted by atomic mass is 35.5. The van der Waals surface area contributed by atoms with Crippen molar-refractivity contribution in [3.8, 4) is 0 Å². The molecule has 14 heavy (non-hydrogen) atoms. The number of aliphatic hydroxyl groups excluding tert-OH is 1. The van der Waals surface area contributed by atoms with E-state index in [1.165, 1.54) is 11.8 Å². The molecular weight excluding hydrogens is 243 g/mol. The number of rotatable bonds is 3. The first-order valence-corrected chi connectivity index (χ1v) is 5.50. The van der Waals surface area contributed by atoms with E-state index < -0.39 is 0 Å². The summed E-state index contributed by atoms with van der Waals surface area (Å²) in [5, 5.41) is 17.0. The van der Waals surface area contributed by atoms with Gasteiger partial charge in [-0.1, -0.05) is 23.2 Å². The Kier molecular flexibility index (Phi) is 4.01. The lowest BCUT2D eigenvalue weighted by Gasteiger charge is -2.20. The van der Waals surface area contributed by atoms with Crippen LogP contribution in [-0.4, -0.2) is 26.7 Å². The molecule has 6 heteroatoms. The Morgan fingerprint density at radius 3 is 2.64 bits per heavy atom. The van der Waals surface area contributed by atoms with E-state index >= 15 is 0 Å². The van der Waals surface area contributed by atoms with Gasteiger partial charge in [0.1, 0.15) is 0 Å². The molecule has 0 radical (unpaired) electrons. The lowest BCUT2D eigenvalue weighted by molar-refractivity contribution is 0.265. The van der Waals surface area contributed by atoms with Crippen LogP contribution in [0.4, 0.5) is 0 Å². The van der Waals surface area contributed by atoms with E-state index in [1.807, 2.05) is 13.8 Å². The molecule has 0 aliphatic carbocycles. The average molecular weight is 253 g/mol. The largest absolute Gasteiger partial charge is 0.395 e. The van der Waals surface area contributed by atoms with Crippen LogP contribution in [0, 0.1) is 0 Å². The van der Waals surface area contributed by atoms with Crippen LogP contribution in [0.1, 0.15) is 13.8 Å². The second-order valence-electron chi connectivity index (χ2n) is 3.34. The summed E-state index contributed by atoms with van der Waals surface area (Å²) in [5.41, 5.74) is 0. The minimum Gasteiger partial charge on any atom is -0.395 e. The smallest absolute Gasteiger partial charge is 0.165 e. The van der Waals surface area contributed by atoms with Gasteiger partial charge in [-0.05, 0) is 19.9 Å². The third-order valence-corrected chi connectivity index (χ3v) is 3.24. The number of hydrogen-bond donors (Lipinski definition) is 1. The van der Waals surface area contributed by atoms with Gasteiger partial charge in [0, 0.05) is 4.75 Å². The van der Waals surface area contributed by atoms with Crippen LogP contribution < -0.4 is 0 Å². The molecule has 0 aliphatic heterocycles. The van der Waals surface area contributed by atoms with Crippen LogP contribution in [0.5, 0.6) is 0 Å². The van der Waals surface area contributed by atoms with Gasteiger partial charge in [0.2, 0.25) is 0 Å².